The summed E-state index contributed by atoms with van der Waals surface area (Å²) in [6.45, 7) is 1.99. The van der Waals surface area contributed by atoms with Gasteiger partial charge < -0.3 is 9.47 Å². The lowest BCUT2D eigenvalue weighted by atomic mass is 10.4. The molecule has 2 unspecified atom stereocenters. The fourth-order valence-corrected chi connectivity index (χ4v) is 11.0. The minimum atomic E-state index is -0.521. The standard InChI is InChI=1S/C11H18O2S3/c1-2-4-16(5-3-1,14-8-10-6-12-10)15-9-11-7-13-11/h1-2,10-11H,3-9H2. The van der Waals surface area contributed by atoms with Crippen LogP contribution in [0.1, 0.15) is 6.42 Å². The molecule has 0 radical (unpaired) electrons. The Morgan fingerprint density at radius 1 is 1.06 bits per heavy atom. The first-order valence-electron chi connectivity index (χ1n) is 5.82. The number of hydrogen-bond acceptors (Lipinski definition) is 4. The molecule has 2 nitrogen and oxygen atoms in total. The summed E-state index contributed by atoms with van der Waals surface area (Å²) in [4.78, 5) is 0. The van der Waals surface area contributed by atoms with Crippen molar-refractivity contribution in [2.45, 2.75) is 18.6 Å². The lowest BCUT2D eigenvalue weighted by Gasteiger charge is -2.39. The predicted molar refractivity (Wildman–Crippen MR) is 75.5 cm³/mol. The summed E-state index contributed by atoms with van der Waals surface area (Å²) in [5.74, 6) is 5.10. The van der Waals surface area contributed by atoms with Crippen LogP contribution in [0.25, 0.3) is 0 Å². The molecule has 0 aliphatic carbocycles. The van der Waals surface area contributed by atoms with E-state index in [9.17, 15) is 0 Å². The van der Waals surface area contributed by atoms with Gasteiger partial charge in [-0.25, -0.2) is 0 Å². The average Bonchev–Trinajstić information content (AvgIpc) is 3.18. The molecule has 0 aromatic heterocycles. The molecule has 92 valence electrons. The molecular weight excluding hydrogens is 260 g/mol. The Hall–Kier alpha value is 0.710. The second-order valence-corrected chi connectivity index (χ2v) is 13.6. The fourth-order valence-electron chi connectivity index (χ4n) is 1.64. The topological polar surface area (TPSA) is 25.1 Å². The Morgan fingerprint density at radius 3 is 2.12 bits per heavy atom. The number of epoxide rings is 2. The van der Waals surface area contributed by atoms with Gasteiger partial charge in [0.15, 0.2) is 0 Å². The van der Waals surface area contributed by atoms with E-state index in [4.69, 9.17) is 9.47 Å². The van der Waals surface area contributed by atoms with Crippen LogP contribution in [0.4, 0.5) is 0 Å². The van der Waals surface area contributed by atoms with E-state index in [0.717, 1.165) is 13.2 Å². The second kappa shape index (κ2) is 5.14. The van der Waals surface area contributed by atoms with Gasteiger partial charge in [0.1, 0.15) is 0 Å². The molecule has 3 rings (SSSR count). The van der Waals surface area contributed by atoms with Gasteiger partial charge in [0.25, 0.3) is 0 Å². The van der Waals surface area contributed by atoms with Gasteiger partial charge in [0.05, 0.1) is 25.4 Å². The molecule has 2 fully saturated rings. The quantitative estimate of drug-likeness (QED) is 0.424. The number of ether oxygens (including phenoxy) is 2. The predicted octanol–water partition coefficient (Wildman–Crippen LogP) is 2.84. The minimum absolute atomic E-state index is 0.521. The highest BCUT2D eigenvalue weighted by Gasteiger charge is 2.33. The molecule has 3 heterocycles. The highest BCUT2D eigenvalue weighted by atomic mass is 33.6. The van der Waals surface area contributed by atoms with Gasteiger partial charge in [-0.15, -0.1) is 29.7 Å². The van der Waals surface area contributed by atoms with E-state index >= 15 is 0 Å². The van der Waals surface area contributed by atoms with Crippen molar-refractivity contribution in [3.63, 3.8) is 0 Å². The summed E-state index contributed by atoms with van der Waals surface area (Å²) >= 11 is 0. The van der Waals surface area contributed by atoms with Gasteiger partial charge in [-0.2, -0.15) is 0 Å². The molecule has 2 saturated heterocycles. The molecule has 0 aromatic rings. The summed E-state index contributed by atoms with van der Waals surface area (Å²) in [7, 11) is 3.88. The molecule has 3 aliphatic heterocycles. The van der Waals surface area contributed by atoms with Crippen LogP contribution in [0, 0.1) is 0 Å². The molecule has 2 atom stereocenters. The summed E-state index contributed by atoms with van der Waals surface area (Å²) < 4.78 is 10.6. The highest BCUT2D eigenvalue weighted by molar-refractivity contribution is 9.25. The van der Waals surface area contributed by atoms with E-state index in [1.165, 1.54) is 29.4 Å². The molecule has 3 aliphatic rings. The maximum absolute atomic E-state index is 5.32. The van der Waals surface area contributed by atoms with Crippen molar-refractivity contribution < 1.29 is 9.47 Å². The Balaban J connectivity index is 1.53. The van der Waals surface area contributed by atoms with Crippen LogP contribution in [-0.2, 0) is 9.47 Å². The molecule has 0 saturated carbocycles. The third-order valence-electron chi connectivity index (χ3n) is 2.85. The van der Waals surface area contributed by atoms with Gasteiger partial charge in [-0.05, 0) is 12.2 Å². The first-order chi connectivity index (χ1) is 7.86. The Morgan fingerprint density at radius 2 is 1.69 bits per heavy atom. The maximum atomic E-state index is 5.32. The Kier molecular flexibility index (Phi) is 3.79. The average molecular weight is 278 g/mol. The third-order valence-corrected chi connectivity index (χ3v) is 13.2. The van der Waals surface area contributed by atoms with Crippen molar-refractivity contribution in [3.8, 4) is 0 Å². The summed E-state index contributed by atoms with van der Waals surface area (Å²) in [5, 5.41) is 0. The van der Waals surface area contributed by atoms with E-state index in [1.54, 1.807) is 0 Å². The minimum Gasteiger partial charge on any atom is -0.372 e. The van der Waals surface area contributed by atoms with Gasteiger partial charge in [0.2, 0.25) is 0 Å². The smallest absolute Gasteiger partial charge is 0.0908 e. The van der Waals surface area contributed by atoms with Crippen molar-refractivity contribution in [1.29, 1.82) is 0 Å². The van der Waals surface area contributed by atoms with E-state index < -0.39 is 8.09 Å². The van der Waals surface area contributed by atoms with Crippen molar-refractivity contribution in [2.75, 3.05) is 36.2 Å². The van der Waals surface area contributed by atoms with Crippen LogP contribution in [0.3, 0.4) is 0 Å². The Labute approximate surface area is 106 Å². The molecule has 0 aromatic carbocycles. The first kappa shape index (κ1) is 11.8. The van der Waals surface area contributed by atoms with Gasteiger partial charge in [-0.3, -0.25) is 0 Å². The van der Waals surface area contributed by atoms with E-state index in [2.05, 4.69) is 33.7 Å². The van der Waals surface area contributed by atoms with Crippen molar-refractivity contribution in [2.24, 2.45) is 0 Å². The Bertz CT molecular complexity index is 258. The van der Waals surface area contributed by atoms with Crippen LogP contribution >= 0.6 is 29.7 Å². The normalized spacial score (nSPS) is 45.0. The van der Waals surface area contributed by atoms with E-state index in [0.29, 0.717) is 12.2 Å². The monoisotopic (exact) mass is 278 g/mol. The zero-order chi connectivity index (χ0) is 10.8. The van der Waals surface area contributed by atoms with E-state index in [1.807, 2.05) is 0 Å². The van der Waals surface area contributed by atoms with Gasteiger partial charge >= 0.3 is 0 Å². The van der Waals surface area contributed by atoms with Gasteiger partial charge in [0, 0.05) is 17.3 Å². The van der Waals surface area contributed by atoms with Crippen LogP contribution in [0.2, 0.25) is 0 Å². The number of rotatable bonds is 6. The molecule has 5 heteroatoms. The fraction of sp³-hybridized carbons (Fsp3) is 0.818. The lowest BCUT2D eigenvalue weighted by molar-refractivity contribution is 0.426. The lowest BCUT2D eigenvalue weighted by Crippen LogP contribution is -2.08. The zero-order valence-corrected chi connectivity index (χ0v) is 11.7. The molecule has 0 spiro atoms. The molecule has 0 bridgehead atoms. The SMILES string of the molecule is C1=CCS(SCC2CO2)(SCC2CO2)CC1. The molecular formula is C11H18O2S3. The largest absolute Gasteiger partial charge is 0.372 e. The molecule has 16 heavy (non-hydrogen) atoms. The van der Waals surface area contributed by atoms with Crippen molar-refractivity contribution >= 4 is 29.7 Å². The van der Waals surface area contributed by atoms with Crippen LogP contribution in [-0.4, -0.2) is 48.4 Å². The van der Waals surface area contributed by atoms with Gasteiger partial charge in [-0.1, -0.05) is 12.2 Å². The van der Waals surface area contributed by atoms with E-state index in [-0.39, 0.29) is 0 Å². The number of hydrogen-bond donors (Lipinski definition) is 0. The highest BCUT2D eigenvalue weighted by Crippen LogP contribution is 2.71. The third kappa shape index (κ3) is 3.35. The van der Waals surface area contributed by atoms with Crippen LogP contribution in [0.5, 0.6) is 0 Å². The summed E-state index contributed by atoms with van der Waals surface area (Å²) in [6, 6.07) is 0. The van der Waals surface area contributed by atoms with Crippen molar-refractivity contribution in [3.05, 3.63) is 12.2 Å². The number of allylic oxidation sites excluding steroid dienone is 1. The zero-order valence-electron chi connectivity index (χ0n) is 9.30. The second-order valence-electron chi connectivity index (χ2n) is 4.35. The first-order valence-corrected chi connectivity index (χ1v) is 10.8. The van der Waals surface area contributed by atoms with Crippen molar-refractivity contribution in [1.82, 2.24) is 0 Å². The van der Waals surface area contributed by atoms with Crippen LogP contribution in [0.15, 0.2) is 12.2 Å². The van der Waals surface area contributed by atoms with Crippen LogP contribution < -0.4 is 0 Å². The summed E-state index contributed by atoms with van der Waals surface area (Å²) in [5.41, 5.74) is 0. The molecule has 0 N–H and O–H groups in total. The summed E-state index contributed by atoms with van der Waals surface area (Å²) in [6.07, 6.45) is 7.14. The molecule has 0 amide bonds. The maximum Gasteiger partial charge on any atom is 0.0908 e.